The van der Waals surface area contributed by atoms with E-state index in [0.717, 1.165) is 47.8 Å². The van der Waals surface area contributed by atoms with Crippen LogP contribution in [0.4, 0.5) is 5.13 Å². The molecule has 1 aromatic heterocycles. The molecule has 30 heavy (non-hydrogen) atoms. The SMILES string of the molecule is CCCCOc1ccc(-c2csc(NC(=O)CCCOc3cccc(C)c3)n2)cc1. The Kier molecular flexibility index (Phi) is 8.27. The second-order valence-corrected chi connectivity index (χ2v) is 7.94. The molecule has 5 nitrogen and oxygen atoms in total. The van der Waals surface area contributed by atoms with Crippen molar-refractivity contribution in [2.75, 3.05) is 18.5 Å². The van der Waals surface area contributed by atoms with Crippen LogP contribution in [0.5, 0.6) is 11.5 Å². The molecule has 3 aromatic rings. The van der Waals surface area contributed by atoms with Gasteiger partial charge in [0, 0.05) is 17.4 Å². The van der Waals surface area contributed by atoms with Crippen LogP contribution in [0.15, 0.2) is 53.9 Å². The molecule has 6 heteroatoms. The van der Waals surface area contributed by atoms with Crippen molar-refractivity contribution in [2.45, 2.75) is 39.5 Å². The number of thiazole rings is 1. The Hall–Kier alpha value is -2.86. The van der Waals surface area contributed by atoms with Gasteiger partial charge in [0.1, 0.15) is 11.5 Å². The van der Waals surface area contributed by atoms with Crippen molar-refractivity contribution in [3.63, 3.8) is 0 Å². The van der Waals surface area contributed by atoms with E-state index in [2.05, 4.69) is 17.2 Å². The third-order valence-corrected chi connectivity index (χ3v) is 5.23. The number of anilines is 1. The Labute approximate surface area is 182 Å². The van der Waals surface area contributed by atoms with E-state index in [1.807, 2.05) is 60.8 Å². The fourth-order valence-electron chi connectivity index (χ4n) is 2.83. The molecular formula is C24H28N2O3S. The number of aryl methyl sites for hydroxylation is 1. The Morgan fingerprint density at radius 1 is 1.03 bits per heavy atom. The summed E-state index contributed by atoms with van der Waals surface area (Å²) in [7, 11) is 0. The average Bonchev–Trinajstić information content (AvgIpc) is 3.20. The van der Waals surface area contributed by atoms with Gasteiger partial charge in [-0.3, -0.25) is 4.79 Å². The smallest absolute Gasteiger partial charge is 0.226 e. The van der Waals surface area contributed by atoms with Crippen LogP contribution in [0, 0.1) is 6.92 Å². The number of hydrogen-bond donors (Lipinski definition) is 1. The normalized spacial score (nSPS) is 10.6. The van der Waals surface area contributed by atoms with E-state index >= 15 is 0 Å². The van der Waals surface area contributed by atoms with E-state index in [4.69, 9.17) is 9.47 Å². The van der Waals surface area contributed by atoms with E-state index < -0.39 is 0 Å². The maximum atomic E-state index is 12.2. The largest absolute Gasteiger partial charge is 0.494 e. The predicted molar refractivity (Wildman–Crippen MR) is 122 cm³/mol. The van der Waals surface area contributed by atoms with Crippen molar-refractivity contribution < 1.29 is 14.3 Å². The zero-order valence-electron chi connectivity index (χ0n) is 17.5. The molecule has 0 radical (unpaired) electrons. The number of nitrogens with zero attached hydrogens (tertiary/aromatic N) is 1. The summed E-state index contributed by atoms with van der Waals surface area (Å²) in [6.07, 6.45) is 3.21. The van der Waals surface area contributed by atoms with Crippen LogP contribution in [0.1, 0.15) is 38.2 Å². The van der Waals surface area contributed by atoms with Gasteiger partial charge in [0.05, 0.1) is 18.9 Å². The standard InChI is InChI=1S/C24H28N2O3S/c1-3-4-14-28-20-12-10-19(11-13-20)22-17-30-24(25-22)26-23(27)9-6-15-29-21-8-5-7-18(2)16-21/h5,7-8,10-13,16-17H,3-4,6,9,14-15H2,1-2H3,(H,25,26,27). The molecule has 0 atom stereocenters. The van der Waals surface area contributed by atoms with Gasteiger partial charge >= 0.3 is 0 Å². The summed E-state index contributed by atoms with van der Waals surface area (Å²) in [5.41, 5.74) is 3.00. The van der Waals surface area contributed by atoms with Crippen LogP contribution in [0.2, 0.25) is 0 Å². The topological polar surface area (TPSA) is 60.5 Å². The summed E-state index contributed by atoms with van der Waals surface area (Å²) in [6.45, 7) is 5.41. The van der Waals surface area contributed by atoms with E-state index in [9.17, 15) is 4.79 Å². The van der Waals surface area contributed by atoms with E-state index in [1.54, 1.807) is 0 Å². The lowest BCUT2D eigenvalue weighted by Gasteiger charge is -2.06. The molecule has 0 bridgehead atoms. The van der Waals surface area contributed by atoms with Gasteiger partial charge in [-0.05, 0) is 61.7 Å². The third kappa shape index (κ3) is 6.88. The lowest BCUT2D eigenvalue weighted by atomic mass is 10.2. The lowest BCUT2D eigenvalue weighted by molar-refractivity contribution is -0.116. The summed E-state index contributed by atoms with van der Waals surface area (Å²) in [6, 6.07) is 15.8. The molecule has 1 amide bonds. The molecule has 1 heterocycles. The van der Waals surface area contributed by atoms with Crippen molar-refractivity contribution in [2.24, 2.45) is 0 Å². The second kappa shape index (κ2) is 11.4. The average molecular weight is 425 g/mol. The lowest BCUT2D eigenvalue weighted by Crippen LogP contribution is -2.12. The van der Waals surface area contributed by atoms with Gasteiger partial charge in [-0.2, -0.15) is 0 Å². The van der Waals surface area contributed by atoms with Crippen molar-refractivity contribution in [1.29, 1.82) is 0 Å². The van der Waals surface area contributed by atoms with E-state index in [0.29, 0.717) is 24.6 Å². The van der Waals surface area contributed by atoms with Crippen LogP contribution in [-0.2, 0) is 4.79 Å². The van der Waals surface area contributed by atoms with Gasteiger partial charge in [-0.1, -0.05) is 25.5 Å². The molecule has 1 N–H and O–H groups in total. The van der Waals surface area contributed by atoms with E-state index in [1.165, 1.54) is 11.3 Å². The number of hydrogen-bond acceptors (Lipinski definition) is 5. The molecular weight excluding hydrogens is 396 g/mol. The fourth-order valence-corrected chi connectivity index (χ4v) is 3.57. The minimum Gasteiger partial charge on any atom is -0.494 e. The molecule has 0 spiro atoms. The molecule has 0 aliphatic heterocycles. The third-order valence-electron chi connectivity index (χ3n) is 4.47. The minimum absolute atomic E-state index is 0.0524. The first kappa shape index (κ1) is 21.8. The number of benzene rings is 2. The molecule has 0 aliphatic rings. The van der Waals surface area contributed by atoms with Crippen LogP contribution in [-0.4, -0.2) is 24.1 Å². The summed E-state index contributed by atoms with van der Waals surface area (Å²) >= 11 is 1.43. The van der Waals surface area contributed by atoms with Crippen LogP contribution in [0.25, 0.3) is 11.3 Å². The van der Waals surface area contributed by atoms with Gasteiger partial charge in [-0.25, -0.2) is 4.98 Å². The fraction of sp³-hybridized carbons (Fsp3) is 0.333. The quantitative estimate of drug-likeness (QED) is 0.378. The first-order valence-electron chi connectivity index (χ1n) is 10.3. The minimum atomic E-state index is -0.0524. The summed E-state index contributed by atoms with van der Waals surface area (Å²) < 4.78 is 11.4. The first-order valence-corrected chi connectivity index (χ1v) is 11.2. The molecule has 158 valence electrons. The number of carbonyl (C=O) groups is 1. The molecule has 0 aliphatic carbocycles. The van der Waals surface area contributed by atoms with E-state index in [-0.39, 0.29) is 5.91 Å². The Morgan fingerprint density at radius 3 is 2.57 bits per heavy atom. The summed E-state index contributed by atoms with van der Waals surface area (Å²) in [5, 5.41) is 5.43. The molecule has 0 saturated heterocycles. The molecule has 0 saturated carbocycles. The Bertz CT molecular complexity index is 938. The number of amides is 1. The number of aromatic nitrogens is 1. The van der Waals surface area contributed by atoms with Crippen molar-refractivity contribution >= 4 is 22.4 Å². The monoisotopic (exact) mass is 424 g/mol. The highest BCUT2D eigenvalue weighted by atomic mass is 32.1. The first-order chi connectivity index (χ1) is 14.6. The van der Waals surface area contributed by atoms with Gasteiger partial charge in [0.15, 0.2) is 5.13 Å². The van der Waals surface area contributed by atoms with Gasteiger partial charge in [0.25, 0.3) is 0 Å². The highest BCUT2D eigenvalue weighted by Gasteiger charge is 2.09. The summed E-state index contributed by atoms with van der Waals surface area (Å²) in [4.78, 5) is 16.7. The van der Waals surface area contributed by atoms with Crippen molar-refractivity contribution in [3.05, 3.63) is 59.5 Å². The zero-order valence-corrected chi connectivity index (χ0v) is 18.3. The highest BCUT2D eigenvalue weighted by molar-refractivity contribution is 7.14. The van der Waals surface area contributed by atoms with Gasteiger partial charge < -0.3 is 14.8 Å². The van der Waals surface area contributed by atoms with Crippen LogP contribution in [0.3, 0.4) is 0 Å². The second-order valence-electron chi connectivity index (χ2n) is 7.08. The summed E-state index contributed by atoms with van der Waals surface area (Å²) in [5.74, 6) is 1.65. The van der Waals surface area contributed by atoms with Crippen molar-refractivity contribution in [1.82, 2.24) is 4.98 Å². The maximum absolute atomic E-state index is 12.2. The van der Waals surface area contributed by atoms with Crippen LogP contribution >= 0.6 is 11.3 Å². The zero-order chi connectivity index (χ0) is 21.2. The number of carbonyl (C=O) groups excluding carboxylic acids is 1. The van der Waals surface area contributed by atoms with Crippen molar-refractivity contribution in [3.8, 4) is 22.8 Å². The number of unbranched alkanes of at least 4 members (excludes halogenated alkanes) is 1. The van der Waals surface area contributed by atoms with Gasteiger partial charge in [0.2, 0.25) is 5.91 Å². The number of rotatable bonds is 11. The predicted octanol–water partition coefficient (Wildman–Crippen LogP) is 6.10. The Balaban J connectivity index is 1.42. The number of ether oxygens (including phenoxy) is 2. The highest BCUT2D eigenvalue weighted by Crippen LogP contribution is 2.26. The van der Waals surface area contributed by atoms with Gasteiger partial charge in [-0.15, -0.1) is 11.3 Å². The van der Waals surface area contributed by atoms with Crippen LogP contribution < -0.4 is 14.8 Å². The number of nitrogens with one attached hydrogen (secondary N) is 1. The molecule has 2 aromatic carbocycles. The molecule has 3 rings (SSSR count). The molecule has 0 unspecified atom stereocenters. The maximum Gasteiger partial charge on any atom is 0.226 e. The molecule has 0 fully saturated rings. The Morgan fingerprint density at radius 2 is 1.80 bits per heavy atom.